The van der Waals surface area contributed by atoms with Gasteiger partial charge in [-0.05, 0) is 68.9 Å². The lowest BCUT2D eigenvalue weighted by Gasteiger charge is -2.55. The highest BCUT2D eigenvalue weighted by atomic mass is 35.5. The number of carbonyl (C=O) groups is 1. The van der Waals surface area contributed by atoms with E-state index in [9.17, 15) is 9.90 Å². The number of thiazole rings is 1. The quantitative estimate of drug-likeness (QED) is 0.247. The van der Waals surface area contributed by atoms with Crippen LogP contribution in [0.3, 0.4) is 0 Å². The monoisotopic (exact) mass is 568 g/mol. The highest BCUT2D eigenvalue weighted by Gasteiger charge is 2.46. The molecule has 2 aromatic heterocycles. The van der Waals surface area contributed by atoms with Crippen LogP contribution in [-0.2, 0) is 6.54 Å². The molecule has 0 spiro atoms. The Labute approximate surface area is 233 Å². The molecule has 2 aromatic carbocycles. The number of aromatic nitrogens is 2. The van der Waals surface area contributed by atoms with Crippen LogP contribution >= 0.6 is 34.5 Å². The van der Waals surface area contributed by atoms with E-state index in [0.717, 1.165) is 75.6 Å². The van der Waals surface area contributed by atoms with E-state index in [0.29, 0.717) is 46.2 Å². The summed E-state index contributed by atoms with van der Waals surface area (Å²) in [7, 11) is 0. The maximum absolute atomic E-state index is 11.5. The summed E-state index contributed by atoms with van der Waals surface area (Å²) in [5.41, 5.74) is 4.66. The molecule has 10 heteroatoms. The molecule has 2 aliphatic carbocycles. The van der Waals surface area contributed by atoms with Gasteiger partial charge in [-0.3, -0.25) is 0 Å². The maximum atomic E-state index is 11.5. The first kappa shape index (κ1) is 24.4. The number of fused-ring (bicyclic) bond motifs is 3. The minimum atomic E-state index is -0.905. The molecule has 2 bridgehead atoms. The van der Waals surface area contributed by atoms with Gasteiger partial charge in [0, 0.05) is 41.7 Å². The lowest BCUT2D eigenvalue weighted by molar-refractivity contribution is 0.0697. The zero-order chi connectivity index (χ0) is 26.1. The first-order chi connectivity index (χ1) is 18.4. The maximum Gasteiger partial charge on any atom is 0.335 e. The van der Waals surface area contributed by atoms with Crippen molar-refractivity contribution in [3.8, 4) is 11.3 Å². The number of nitrogens with zero attached hydrogens (tertiary/aromatic N) is 3. The predicted molar refractivity (Wildman–Crippen MR) is 150 cm³/mol. The second-order valence-electron chi connectivity index (χ2n) is 10.7. The number of anilines is 1. The second-order valence-corrected chi connectivity index (χ2v) is 12.5. The summed E-state index contributed by atoms with van der Waals surface area (Å²) in [6, 6.07) is 10.2. The first-order valence-corrected chi connectivity index (χ1v) is 14.5. The van der Waals surface area contributed by atoms with Gasteiger partial charge in [0.05, 0.1) is 25.8 Å². The van der Waals surface area contributed by atoms with E-state index in [4.69, 9.17) is 32.7 Å². The molecule has 2 atom stereocenters. The fourth-order valence-corrected chi connectivity index (χ4v) is 7.90. The second kappa shape index (κ2) is 9.23. The average Bonchev–Trinajstić information content (AvgIpc) is 3.51. The van der Waals surface area contributed by atoms with Gasteiger partial charge in [0.15, 0.2) is 5.13 Å². The van der Waals surface area contributed by atoms with Gasteiger partial charge >= 0.3 is 5.97 Å². The Balaban J connectivity index is 1.08. The molecular weight excluding hydrogens is 543 g/mol. The van der Waals surface area contributed by atoms with Crippen LogP contribution in [0.5, 0.6) is 0 Å². The van der Waals surface area contributed by atoms with Crippen LogP contribution in [0.2, 0.25) is 10.0 Å². The Kier molecular flexibility index (Phi) is 5.92. The van der Waals surface area contributed by atoms with Crippen LogP contribution in [-0.4, -0.2) is 39.3 Å². The van der Waals surface area contributed by atoms with Gasteiger partial charge in [0.25, 0.3) is 0 Å². The highest BCUT2D eigenvalue weighted by molar-refractivity contribution is 7.22. The fourth-order valence-electron chi connectivity index (χ4n) is 6.10. The number of aryl methyl sites for hydroxylation is 1. The molecule has 4 aliphatic rings. The van der Waals surface area contributed by atoms with Crippen molar-refractivity contribution >= 4 is 55.9 Å². The minimum Gasteiger partial charge on any atom is -0.478 e. The van der Waals surface area contributed by atoms with Gasteiger partial charge in [0.1, 0.15) is 11.5 Å². The molecule has 0 amide bonds. The van der Waals surface area contributed by atoms with Crippen LogP contribution in [0.4, 0.5) is 5.13 Å². The van der Waals surface area contributed by atoms with Crippen LogP contribution in [0.1, 0.15) is 65.3 Å². The third-order valence-corrected chi connectivity index (χ3v) is 9.77. The third kappa shape index (κ3) is 4.09. The average molecular weight is 570 g/mol. The lowest BCUT2D eigenvalue weighted by atomic mass is 9.77. The molecular formula is C28H26Cl2N4O3S. The van der Waals surface area contributed by atoms with Crippen molar-refractivity contribution < 1.29 is 14.4 Å². The minimum absolute atomic E-state index is 0.315. The van der Waals surface area contributed by atoms with Crippen LogP contribution < -0.4 is 10.2 Å². The summed E-state index contributed by atoms with van der Waals surface area (Å²) >= 11 is 14.6. The number of piperidine rings is 1. The Morgan fingerprint density at radius 3 is 2.61 bits per heavy atom. The number of halogens is 2. The van der Waals surface area contributed by atoms with E-state index in [1.54, 1.807) is 23.5 Å². The molecule has 2 saturated carbocycles. The molecule has 38 heavy (non-hydrogen) atoms. The van der Waals surface area contributed by atoms with Gasteiger partial charge in [-0.1, -0.05) is 45.8 Å². The number of nitrogens with one attached hydrogen (secondary N) is 1. The number of hydrogen-bond donors (Lipinski definition) is 2. The largest absolute Gasteiger partial charge is 0.478 e. The standard InChI is InChI=1S/C28H26Cl2N4O3S/c1-13-7-15(27(35)36)8-22-24(13)32-28(38-22)34-17-9-16(10-18(34)11-17)31-12-19-25(33-37-26(19)14-5-6-14)23-20(29)3-2-4-21(23)30/h2-4,7-8,14,16-18,31H,5-6,9-12H2,1H3,(H,35,36). The van der Waals surface area contributed by atoms with Crippen molar-refractivity contribution in [2.24, 2.45) is 0 Å². The molecule has 196 valence electrons. The summed E-state index contributed by atoms with van der Waals surface area (Å²) in [4.78, 5) is 18.8. The summed E-state index contributed by atoms with van der Waals surface area (Å²) in [6.45, 7) is 2.59. The van der Waals surface area contributed by atoms with E-state index in [1.807, 2.05) is 25.1 Å². The zero-order valence-electron chi connectivity index (χ0n) is 20.7. The van der Waals surface area contributed by atoms with Gasteiger partial charge in [-0.2, -0.15) is 0 Å². The molecule has 4 heterocycles. The summed E-state index contributed by atoms with van der Waals surface area (Å²) in [6.07, 6.45) is 5.45. The van der Waals surface area contributed by atoms with Crippen molar-refractivity contribution in [1.29, 1.82) is 0 Å². The van der Waals surface area contributed by atoms with Crippen LogP contribution in [0.25, 0.3) is 21.5 Å². The number of carboxylic acid groups (broad SMARTS) is 1. The van der Waals surface area contributed by atoms with Crippen molar-refractivity contribution in [3.05, 3.63) is 62.8 Å². The van der Waals surface area contributed by atoms with E-state index in [2.05, 4.69) is 15.4 Å². The predicted octanol–water partition coefficient (Wildman–Crippen LogP) is 7.04. The van der Waals surface area contributed by atoms with E-state index < -0.39 is 5.97 Å². The van der Waals surface area contributed by atoms with Gasteiger partial charge in [0.2, 0.25) is 0 Å². The highest BCUT2D eigenvalue weighted by Crippen LogP contribution is 2.47. The molecule has 4 aromatic rings. The number of aromatic carboxylic acids is 1. The summed E-state index contributed by atoms with van der Waals surface area (Å²) < 4.78 is 6.76. The Morgan fingerprint density at radius 2 is 1.92 bits per heavy atom. The lowest BCUT2D eigenvalue weighted by Crippen LogP contribution is -2.64. The van der Waals surface area contributed by atoms with Crippen LogP contribution in [0.15, 0.2) is 34.9 Å². The normalized spacial score (nSPS) is 22.6. The third-order valence-electron chi connectivity index (χ3n) is 8.12. The molecule has 7 nitrogen and oxygen atoms in total. The molecule has 8 rings (SSSR count). The smallest absolute Gasteiger partial charge is 0.335 e. The molecule has 2 N–H and O–H groups in total. The summed E-state index contributed by atoms with van der Waals surface area (Å²) in [5.74, 6) is 0.475. The molecule has 2 unspecified atom stereocenters. The van der Waals surface area contributed by atoms with E-state index in [-0.39, 0.29) is 0 Å². The zero-order valence-corrected chi connectivity index (χ0v) is 23.0. The van der Waals surface area contributed by atoms with Crippen molar-refractivity contribution in [2.45, 2.75) is 69.6 Å². The van der Waals surface area contributed by atoms with Crippen molar-refractivity contribution in [3.63, 3.8) is 0 Å². The Bertz CT molecular complexity index is 1550. The Morgan fingerprint density at radius 1 is 1.18 bits per heavy atom. The van der Waals surface area contributed by atoms with E-state index in [1.165, 1.54) is 0 Å². The topological polar surface area (TPSA) is 91.5 Å². The number of hydrogen-bond acceptors (Lipinski definition) is 7. The van der Waals surface area contributed by atoms with Crippen LogP contribution in [0, 0.1) is 6.92 Å². The molecule has 2 aliphatic heterocycles. The van der Waals surface area contributed by atoms with E-state index >= 15 is 0 Å². The van der Waals surface area contributed by atoms with Crippen molar-refractivity contribution in [1.82, 2.24) is 15.5 Å². The molecule has 2 saturated heterocycles. The number of carboxylic acids is 1. The number of rotatable bonds is 7. The SMILES string of the molecule is Cc1cc(C(=O)O)cc2sc(N3C4CC(NCc5c(-c6c(Cl)cccc6Cl)noc5C5CC5)CC3C4)nc12. The Hall–Kier alpha value is -2.65. The molecule has 0 radical (unpaired) electrons. The van der Waals surface area contributed by atoms with Gasteiger partial charge in [-0.15, -0.1) is 0 Å². The van der Waals surface area contributed by atoms with Gasteiger partial charge < -0.3 is 19.8 Å². The number of benzene rings is 2. The summed E-state index contributed by atoms with van der Waals surface area (Å²) in [5, 5.41) is 19.8. The fraction of sp³-hybridized carbons (Fsp3) is 0.393. The van der Waals surface area contributed by atoms with Crippen molar-refractivity contribution in [2.75, 3.05) is 4.90 Å². The van der Waals surface area contributed by atoms with Gasteiger partial charge in [-0.25, -0.2) is 9.78 Å². The molecule has 4 fully saturated rings. The first-order valence-electron chi connectivity index (χ1n) is 13.0.